The fraction of sp³-hybridized carbons (Fsp3) is 0.867. The predicted octanol–water partition coefficient (Wildman–Crippen LogP) is 1.76. The number of carbonyl (C=O) groups is 2. The third kappa shape index (κ3) is 4.78. The number of carbonyl (C=O) groups excluding carboxylic acids is 1. The quantitative estimate of drug-likeness (QED) is 0.779. The molecule has 20 heavy (non-hydrogen) atoms. The Labute approximate surface area is 120 Å². The Kier molecular flexibility index (Phi) is 5.83. The number of rotatable bonds is 6. The summed E-state index contributed by atoms with van der Waals surface area (Å²) in [5, 5.41) is 12.0. The van der Waals surface area contributed by atoms with Crippen LogP contribution in [0.5, 0.6) is 0 Å². The highest BCUT2D eigenvalue weighted by Crippen LogP contribution is 2.20. The van der Waals surface area contributed by atoms with E-state index in [1.165, 1.54) is 19.3 Å². The smallest absolute Gasteiger partial charge is 0.304 e. The van der Waals surface area contributed by atoms with E-state index in [1.807, 2.05) is 0 Å². The van der Waals surface area contributed by atoms with Gasteiger partial charge in [0.15, 0.2) is 0 Å². The van der Waals surface area contributed by atoms with Gasteiger partial charge in [-0.1, -0.05) is 19.3 Å². The molecule has 1 heterocycles. The van der Waals surface area contributed by atoms with Gasteiger partial charge in [-0.25, -0.2) is 0 Å². The second-order valence-electron chi connectivity index (χ2n) is 6.08. The van der Waals surface area contributed by atoms with Crippen molar-refractivity contribution in [2.24, 2.45) is 0 Å². The minimum Gasteiger partial charge on any atom is -0.481 e. The van der Waals surface area contributed by atoms with Crippen LogP contribution in [0.4, 0.5) is 0 Å². The summed E-state index contributed by atoms with van der Waals surface area (Å²) in [6.07, 6.45) is 8.62. The highest BCUT2D eigenvalue weighted by atomic mass is 16.4. The molecule has 2 rings (SSSR count). The van der Waals surface area contributed by atoms with E-state index in [2.05, 4.69) is 10.2 Å². The van der Waals surface area contributed by atoms with Crippen molar-refractivity contribution in [3.63, 3.8) is 0 Å². The van der Waals surface area contributed by atoms with Crippen molar-refractivity contribution in [1.82, 2.24) is 10.2 Å². The van der Waals surface area contributed by atoms with E-state index in [0.29, 0.717) is 19.0 Å². The van der Waals surface area contributed by atoms with Crippen LogP contribution in [0.25, 0.3) is 0 Å². The third-order valence-electron chi connectivity index (χ3n) is 4.51. The molecule has 1 saturated carbocycles. The second kappa shape index (κ2) is 7.62. The van der Waals surface area contributed by atoms with Gasteiger partial charge in [0.1, 0.15) is 0 Å². The molecule has 1 aliphatic heterocycles. The molecule has 2 N–H and O–H groups in total. The van der Waals surface area contributed by atoms with Gasteiger partial charge in [-0.05, 0) is 32.2 Å². The first-order chi connectivity index (χ1) is 9.65. The van der Waals surface area contributed by atoms with Gasteiger partial charge in [0.2, 0.25) is 5.91 Å². The van der Waals surface area contributed by atoms with Crippen molar-refractivity contribution in [1.29, 1.82) is 0 Å². The first-order valence-electron chi connectivity index (χ1n) is 7.90. The summed E-state index contributed by atoms with van der Waals surface area (Å²) in [5.41, 5.74) is 0. The maximum Gasteiger partial charge on any atom is 0.304 e. The Hall–Kier alpha value is -1.10. The van der Waals surface area contributed by atoms with Gasteiger partial charge in [0, 0.05) is 25.0 Å². The number of nitrogens with zero attached hydrogens (tertiary/aromatic N) is 1. The van der Waals surface area contributed by atoms with Gasteiger partial charge >= 0.3 is 5.97 Å². The zero-order valence-electron chi connectivity index (χ0n) is 12.1. The molecule has 0 aromatic heterocycles. The Morgan fingerprint density at radius 2 is 1.85 bits per heavy atom. The minimum atomic E-state index is -0.742. The number of hydrogen-bond acceptors (Lipinski definition) is 3. The van der Waals surface area contributed by atoms with E-state index < -0.39 is 5.97 Å². The standard InChI is InChI=1S/C15H26N2O3/c18-14(16-12-5-2-1-3-6-12)8-10-17-9-4-7-13(17)11-15(19)20/h12-13H,1-11H2,(H,16,18)(H,19,20). The zero-order chi connectivity index (χ0) is 14.4. The normalized spacial score (nSPS) is 24.7. The monoisotopic (exact) mass is 282 g/mol. The molecule has 1 unspecified atom stereocenters. The molecule has 1 saturated heterocycles. The number of carboxylic acid groups (broad SMARTS) is 1. The molecule has 5 heteroatoms. The molecule has 2 fully saturated rings. The Morgan fingerprint density at radius 1 is 1.10 bits per heavy atom. The van der Waals surface area contributed by atoms with Gasteiger partial charge in [0.05, 0.1) is 6.42 Å². The van der Waals surface area contributed by atoms with Gasteiger partial charge in [-0.2, -0.15) is 0 Å². The van der Waals surface area contributed by atoms with Crippen molar-refractivity contribution in [3.05, 3.63) is 0 Å². The SMILES string of the molecule is O=C(O)CC1CCCN1CCC(=O)NC1CCCCC1. The zero-order valence-corrected chi connectivity index (χ0v) is 12.1. The molecule has 2 aliphatic rings. The van der Waals surface area contributed by atoms with E-state index in [1.54, 1.807) is 0 Å². The average molecular weight is 282 g/mol. The Morgan fingerprint density at radius 3 is 2.55 bits per heavy atom. The molecule has 114 valence electrons. The van der Waals surface area contributed by atoms with Crippen molar-refractivity contribution < 1.29 is 14.7 Å². The highest BCUT2D eigenvalue weighted by molar-refractivity contribution is 5.76. The summed E-state index contributed by atoms with van der Waals surface area (Å²) in [6.45, 7) is 1.62. The van der Waals surface area contributed by atoms with Crippen LogP contribution >= 0.6 is 0 Å². The van der Waals surface area contributed by atoms with Gasteiger partial charge in [-0.15, -0.1) is 0 Å². The largest absolute Gasteiger partial charge is 0.481 e. The van der Waals surface area contributed by atoms with Crippen LogP contribution in [0.15, 0.2) is 0 Å². The lowest BCUT2D eigenvalue weighted by Gasteiger charge is -2.25. The van der Waals surface area contributed by atoms with E-state index in [-0.39, 0.29) is 18.4 Å². The molecule has 1 atom stereocenters. The van der Waals surface area contributed by atoms with E-state index in [4.69, 9.17) is 5.11 Å². The Balaban J connectivity index is 1.68. The maximum atomic E-state index is 11.9. The van der Waals surface area contributed by atoms with E-state index >= 15 is 0 Å². The number of aliphatic carboxylic acids is 1. The highest BCUT2D eigenvalue weighted by Gasteiger charge is 2.26. The molecule has 0 bridgehead atoms. The number of likely N-dealkylation sites (tertiary alicyclic amines) is 1. The maximum absolute atomic E-state index is 11.9. The van der Waals surface area contributed by atoms with Gasteiger partial charge in [-0.3, -0.25) is 14.5 Å². The molecule has 0 spiro atoms. The number of amides is 1. The molecule has 0 radical (unpaired) electrons. The fourth-order valence-corrected chi connectivity index (χ4v) is 3.41. The van der Waals surface area contributed by atoms with Crippen molar-refractivity contribution in [2.45, 2.75) is 69.9 Å². The summed E-state index contributed by atoms with van der Waals surface area (Å²) in [4.78, 5) is 24.9. The number of nitrogens with one attached hydrogen (secondary N) is 1. The van der Waals surface area contributed by atoms with Crippen LogP contribution in [0.2, 0.25) is 0 Å². The first-order valence-corrected chi connectivity index (χ1v) is 7.90. The molecule has 0 aromatic rings. The molecule has 0 aromatic carbocycles. The lowest BCUT2D eigenvalue weighted by Crippen LogP contribution is -2.39. The summed E-state index contributed by atoms with van der Waals surface area (Å²) < 4.78 is 0. The van der Waals surface area contributed by atoms with Crippen LogP contribution in [-0.4, -0.2) is 47.1 Å². The van der Waals surface area contributed by atoms with Gasteiger partial charge < -0.3 is 10.4 Å². The van der Waals surface area contributed by atoms with E-state index in [0.717, 1.165) is 32.2 Å². The summed E-state index contributed by atoms with van der Waals surface area (Å²) in [6, 6.07) is 0.486. The number of carboxylic acids is 1. The Bertz CT molecular complexity index is 340. The topological polar surface area (TPSA) is 69.6 Å². The van der Waals surface area contributed by atoms with Crippen LogP contribution in [0.3, 0.4) is 0 Å². The molecular formula is C15H26N2O3. The average Bonchev–Trinajstić information content (AvgIpc) is 2.84. The number of hydrogen-bond donors (Lipinski definition) is 2. The summed E-state index contributed by atoms with van der Waals surface area (Å²) in [7, 11) is 0. The van der Waals surface area contributed by atoms with Crippen molar-refractivity contribution >= 4 is 11.9 Å². The fourth-order valence-electron chi connectivity index (χ4n) is 3.41. The van der Waals surface area contributed by atoms with Crippen LogP contribution < -0.4 is 5.32 Å². The summed E-state index contributed by atoms with van der Waals surface area (Å²) in [5.74, 6) is -0.619. The van der Waals surface area contributed by atoms with Gasteiger partial charge in [0.25, 0.3) is 0 Å². The van der Waals surface area contributed by atoms with E-state index in [9.17, 15) is 9.59 Å². The van der Waals surface area contributed by atoms with Crippen LogP contribution in [-0.2, 0) is 9.59 Å². The molecule has 1 aliphatic carbocycles. The summed E-state index contributed by atoms with van der Waals surface area (Å²) >= 11 is 0. The predicted molar refractivity (Wildman–Crippen MR) is 76.5 cm³/mol. The lowest BCUT2D eigenvalue weighted by atomic mass is 9.95. The van der Waals surface area contributed by atoms with Crippen molar-refractivity contribution in [2.75, 3.05) is 13.1 Å². The van der Waals surface area contributed by atoms with Crippen molar-refractivity contribution in [3.8, 4) is 0 Å². The third-order valence-corrected chi connectivity index (χ3v) is 4.51. The molecule has 1 amide bonds. The minimum absolute atomic E-state index is 0.120. The van der Waals surface area contributed by atoms with Crippen LogP contribution in [0.1, 0.15) is 57.8 Å². The second-order valence-corrected chi connectivity index (χ2v) is 6.08. The van der Waals surface area contributed by atoms with Crippen LogP contribution in [0, 0.1) is 0 Å². The lowest BCUT2D eigenvalue weighted by molar-refractivity contribution is -0.138. The first kappa shape index (κ1) is 15.3. The molecular weight excluding hydrogens is 256 g/mol. The molecule has 5 nitrogen and oxygen atoms in total.